The molecule has 4 heteroatoms. The van der Waals surface area contributed by atoms with Crippen LogP contribution in [0.25, 0.3) is 0 Å². The van der Waals surface area contributed by atoms with Gasteiger partial charge in [0.15, 0.2) is 0 Å². The van der Waals surface area contributed by atoms with Gasteiger partial charge >= 0.3 is 5.97 Å². The second kappa shape index (κ2) is 10.5. The molecule has 0 spiro atoms. The van der Waals surface area contributed by atoms with Gasteiger partial charge in [0.2, 0.25) is 5.91 Å². The Bertz CT molecular complexity index is 222. The Morgan fingerprint density at radius 3 is 2.00 bits per heavy atom. The van der Waals surface area contributed by atoms with Crippen molar-refractivity contribution in [1.82, 2.24) is 5.32 Å². The summed E-state index contributed by atoms with van der Waals surface area (Å²) >= 11 is 0. The molecule has 0 atom stereocenters. The molecule has 0 aliphatic heterocycles. The van der Waals surface area contributed by atoms with E-state index in [1.807, 2.05) is 13.8 Å². The summed E-state index contributed by atoms with van der Waals surface area (Å²) in [5.41, 5.74) is 0. The van der Waals surface area contributed by atoms with Crippen LogP contribution in [0.4, 0.5) is 0 Å². The van der Waals surface area contributed by atoms with Crippen LogP contribution in [0.3, 0.4) is 0 Å². The second-order valence-electron chi connectivity index (χ2n) is 2.82. The highest BCUT2D eigenvalue weighted by Gasteiger charge is 1.93. The first-order valence-corrected chi connectivity index (χ1v) is 4.70. The number of carbonyl (C=O) groups is 2. The van der Waals surface area contributed by atoms with Crippen molar-refractivity contribution in [3.8, 4) is 0 Å². The molecule has 1 N–H and O–H groups in total. The summed E-state index contributed by atoms with van der Waals surface area (Å²) in [6, 6.07) is 0.209. The van der Waals surface area contributed by atoms with Crippen molar-refractivity contribution in [2.75, 3.05) is 6.61 Å². The summed E-state index contributed by atoms with van der Waals surface area (Å²) in [4.78, 5) is 20.5. The zero-order valence-electron chi connectivity index (χ0n) is 9.58. The van der Waals surface area contributed by atoms with Crippen LogP contribution in [0.1, 0.15) is 20.8 Å². The standard InChI is InChI=1S/C6H11NO.C5H8O2/c1-4-6(8)7-5(2)3;1-3-5(6)7-4-2/h4-5H,1H2,2-3H3,(H,7,8);3H,1,4H2,2H3. The van der Waals surface area contributed by atoms with E-state index in [4.69, 9.17) is 0 Å². The first-order chi connectivity index (χ1) is 6.97. The lowest BCUT2D eigenvalue weighted by molar-refractivity contribution is -0.137. The van der Waals surface area contributed by atoms with Gasteiger partial charge in [-0.25, -0.2) is 4.79 Å². The number of carbonyl (C=O) groups excluding carboxylic acids is 2. The molecule has 0 aromatic rings. The average Bonchev–Trinajstić information content (AvgIpc) is 2.18. The van der Waals surface area contributed by atoms with Crippen molar-refractivity contribution in [3.05, 3.63) is 25.3 Å². The van der Waals surface area contributed by atoms with Gasteiger partial charge in [-0.3, -0.25) is 4.79 Å². The van der Waals surface area contributed by atoms with Crippen molar-refractivity contribution < 1.29 is 14.3 Å². The average molecular weight is 213 g/mol. The molecule has 1 amide bonds. The van der Waals surface area contributed by atoms with Gasteiger partial charge < -0.3 is 10.1 Å². The minimum absolute atomic E-state index is 0.111. The summed E-state index contributed by atoms with van der Waals surface area (Å²) in [6.07, 6.45) is 2.41. The Balaban J connectivity index is 0. The monoisotopic (exact) mass is 213 g/mol. The summed E-state index contributed by atoms with van der Waals surface area (Å²) in [7, 11) is 0. The van der Waals surface area contributed by atoms with Crippen molar-refractivity contribution in [1.29, 1.82) is 0 Å². The smallest absolute Gasteiger partial charge is 0.330 e. The maximum absolute atomic E-state index is 10.4. The van der Waals surface area contributed by atoms with E-state index in [0.717, 1.165) is 6.08 Å². The van der Waals surface area contributed by atoms with Gasteiger partial charge in [0.05, 0.1) is 6.61 Å². The van der Waals surface area contributed by atoms with Crippen molar-refractivity contribution in [2.45, 2.75) is 26.8 Å². The van der Waals surface area contributed by atoms with Crippen LogP contribution in [0, 0.1) is 0 Å². The molecule has 0 unspecified atom stereocenters. The topological polar surface area (TPSA) is 55.4 Å². The summed E-state index contributed by atoms with van der Waals surface area (Å²) in [5.74, 6) is -0.470. The molecule has 0 aromatic carbocycles. The molecule has 0 aliphatic rings. The Labute approximate surface area is 91.0 Å². The molecule has 0 saturated heterocycles. The molecule has 0 radical (unpaired) electrons. The third-order valence-corrected chi connectivity index (χ3v) is 1.07. The van der Waals surface area contributed by atoms with E-state index in [9.17, 15) is 9.59 Å². The zero-order chi connectivity index (χ0) is 12.3. The van der Waals surface area contributed by atoms with Crippen LogP contribution < -0.4 is 5.32 Å². The van der Waals surface area contributed by atoms with Crippen molar-refractivity contribution in [2.24, 2.45) is 0 Å². The van der Waals surface area contributed by atoms with Gasteiger partial charge in [-0.2, -0.15) is 0 Å². The highest BCUT2D eigenvalue weighted by Crippen LogP contribution is 1.75. The largest absolute Gasteiger partial charge is 0.463 e. The molecular formula is C11H19NO3. The molecular weight excluding hydrogens is 194 g/mol. The molecule has 0 aliphatic carbocycles. The molecule has 0 heterocycles. The lowest BCUT2D eigenvalue weighted by Gasteiger charge is -2.02. The van der Waals surface area contributed by atoms with Crippen LogP contribution in [0.2, 0.25) is 0 Å². The minimum Gasteiger partial charge on any atom is -0.463 e. The summed E-state index contributed by atoms with van der Waals surface area (Å²) in [6.45, 7) is 12.5. The fraction of sp³-hybridized carbons (Fsp3) is 0.455. The first kappa shape index (κ1) is 15.9. The number of rotatable bonds is 4. The summed E-state index contributed by atoms with van der Waals surface area (Å²) in [5, 5.41) is 2.64. The molecule has 4 nitrogen and oxygen atoms in total. The van der Waals surface area contributed by atoms with E-state index < -0.39 is 0 Å². The van der Waals surface area contributed by atoms with Gasteiger partial charge in [-0.15, -0.1) is 0 Å². The van der Waals surface area contributed by atoms with Crippen LogP contribution in [0.5, 0.6) is 0 Å². The van der Waals surface area contributed by atoms with Crippen LogP contribution in [-0.2, 0) is 14.3 Å². The number of nitrogens with one attached hydrogen (secondary N) is 1. The highest BCUT2D eigenvalue weighted by molar-refractivity contribution is 5.86. The van der Waals surface area contributed by atoms with E-state index in [1.54, 1.807) is 6.92 Å². The fourth-order valence-electron chi connectivity index (χ4n) is 0.545. The maximum Gasteiger partial charge on any atom is 0.330 e. The van der Waals surface area contributed by atoms with E-state index in [-0.39, 0.29) is 17.9 Å². The van der Waals surface area contributed by atoms with Gasteiger partial charge in [-0.05, 0) is 26.8 Å². The Kier molecular flexibility index (Phi) is 11.1. The number of esters is 1. The first-order valence-electron chi connectivity index (χ1n) is 4.70. The number of hydrogen-bond donors (Lipinski definition) is 1. The number of ether oxygens (including phenoxy) is 1. The van der Waals surface area contributed by atoms with Crippen LogP contribution in [-0.4, -0.2) is 24.5 Å². The minimum atomic E-state index is -0.359. The third kappa shape index (κ3) is 15.2. The molecule has 0 fully saturated rings. The molecule has 0 aromatic heterocycles. The van der Waals surface area contributed by atoms with Crippen LogP contribution in [0.15, 0.2) is 25.3 Å². The van der Waals surface area contributed by atoms with Crippen molar-refractivity contribution >= 4 is 11.9 Å². The third-order valence-electron chi connectivity index (χ3n) is 1.07. The quantitative estimate of drug-likeness (QED) is 0.567. The van der Waals surface area contributed by atoms with Gasteiger partial charge in [0.1, 0.15) is 0 Å². The molecule has 0 saturated carbocycles. The fourth-order valence-corrected chi connectivity index (χ4v) is 0.545. The Hall–Kier alpha value is -1.58. The van der Waals surface area contributed by atoms with E-state index in [2.05, 4.69) is 23.2 Å². The molecule has 15 heavy (non-hydrogen) atoms. The van der Waals surface area contributed by atoms with Crippen molar-refractivity contribution in [3.63, 3.8) is 0 Å². The maximum atomic E-state index is 10.4. The Morgan fingerprint density at radius 2 is 1.87 bits per heavy atom. The number of hydrogen-bond acceptors (Lipinski definition) is 3. The Morgan fingerprint density at radius 1 is 1.33 bits per heavy atom. The van der Waals surface area contributed by atoms with E-state index >= 15 is 0 Å². The second-order valence-corrected chi connectivity index (χ2v) is 2.82. The predicted molar refractivity (Wildman–Crippen MR) is 60.3 cm³/mol. The van der Waals surface area contributed by atoms with Crippen LogP contribution >= 0.6 is 0 Å². The molecule has 86 valence electrons. The number of amides is 1. The molecule has 0 rings (SSSR count). The predicted octanol–water partition coefficient (Wildman–Crippen LogP) is 1.43. The lowest BCUT2D eigenvalue weighted by atomic mass is 10.4. The summed E-state index contributed by atoms with van der Waals surface area (Å²) < 4.78 is 4.43. The lowest BCUT2D eigenvalue weighted by Crippen LogP contribution is -2.27. The zero-order valence-corrected chi connectivity index (χ0v) is 9.58. The van der Waals surface area contributed by atoms with Gasteiger partial charge in [-0.1, -0.05) is 13.2 Å². The normalized spacial score (nSPS) is 8.27. The molecule has 0 bridgehead atoms. The van der Waals surface area contributed by atoms with Gasteiger partial charge in [0, 0.05) is 12.1 Å². The van der Waals surface area contributed by atoms with E-state index in [0.29, 0.717) is 6.61 Å². The van der Waals surface area contributed by atoms with E-state index in [1.165, 1.54) is 6.08 Å². The SMILES string of the molecule is C=CC(=O)NC(C)C.C=CC(=O)OCC. The highest BCUT2D eigenvalue weighted by atomic mass is 16.5. The van der Waals surface area contributed by atoms with Gasteiger partial charge in [0.25, 0.3) is 0 Å².